The highest BCUT2D eigenvalue weighted by atomic mass is 35.5. The van der Waals surface area contributed by atoms with Crippen LogP contribution in [-0.4, -0.2) is 30.8 Å². The van der Waals surface area contributed by atoms with Gasteiger partial charge in [0.15, 0.2) is 0 Å². The topological polar surface area (TPSA) is 58.6 Å². The molecule has 0 saturated carbocycles. The predicted octanol–water partition coefficient (Wildman–Crippen LogP) is 2.82. The summed E-state index contributed by atoms with van der Waals surface area (Å²) in [6.07, 6.45) is 1.68. The number of halogens is 1. The molecular formula is C21H21ClN2O3. The number of nitrogens with one attached hydrogen (secondary N) is 1. The van der Waals surface area contributed by atoms with E-state index in [9.17, 15) is 9.59 Å². The minimum absolute atomic E-state index is 0.0925. The van der Waals surface area contributed by atoms with Crippen LogP contribution in [-0.2, 0) is 35.5 Å². The summed E-state index contributed by atoms with van der Waals surface area (Å²) < 4.78 is 5.48. The molecule has 27 heavy (non-hydrogen) atoms. The van der Waals surface area contributed by atoms with Crippen molar-refractivity contribution >= 4 is 29.1 Å². The van der Waals surface area contributed by atoms with E-state index in [2.05, 4.69) is 17.4 Å². The third-order valence-electron chi connectivity index (χ3n) is 5.13. The average molecular weight is 385 g/mol. The Morgan fingerprint density at radius 3 is 2.81 bits per heavy atom. The lowest BCUT2D eigenvalue weighted by Gasteiger charge is -2.25. The van der Waals surface area contributed by atoms with Gasteiger partial charge in [0.2, 0.25) is 5.91 Å². The molecule has 0 aliphatic carbocycles. The van der Waals surface area contributed by atoms with Crippen molar-refractivity contribution in [2.24, 2.45) is 0 Å². The molecule has 0 saturated heterocycles. The van der Waals surface area contributed by atoms with Crippen LogP contribution in [0.4, 0.5) is 5.69 Å². The Labute approximate surface area is 163 Å². The van der Waals surface area contributed by atoms with E-state index in [-0.39, 0.29) is 17.7 Å². The summed E-state index contributed by atoms with van der Waals surface area (Å²) in [6.45, 7) is 2.43. The van der Waals surface area contributed by atoms with Crippen molar-refractivity contribution in [1.29, 1.82) is 0 Å². The van der Waals surface area contributed by atoms with E-state index in [0.717, 1.165) is 30.6 Å². The molecule has 0 fully saturated rings. The minimum atomic E-state index is -0.186. The van der Waals surface area contributed by atoms with E-state index in [1.807, 2.05) is 18.2 Å². The molecule has 0 aromatic heterocycles. The molecule has 2 aromatic rings. The smallest absolute Gasteiger partial charge is 0.251 e. The lowest BCUT2D eigenvalue weighted by Crippen LogP contribution is -2.34. The Morgan fingerprint density at radius 1 is 1.11 bits per heavy atom. The van der Waals surface area contributed by atoms with Gasteiger partial charge in [0, 0.05) is 17.8 Å². The van der Waals surface area contributed by atoms with Gasteiger partial charge < -0.3 is 15.0 Å². The fraction of sp³-hybridized carbons (Fsp3) is 0.333. The number of anilines is 1. The van der Waals surface area contributed by atoms with Crippen LogP contribution in [0.1, 0.15) is 32.6 Å². The second-order valence-electron chi connectivity index (χ2n) is 6.87. The van der Waals surface area contributed by atoms with Crippen LogP contribution < -0.4 is 10.2 Å². The number of hydrogen-bond donors (Lipinski definition) is 1. The first-order valence-corrected chi connectivity index (χ1v) is 9.65. The van der Waals surface area contributed by atoms with Gasteiger partial charge in [-0.25, -0.2) is 0 Å². The van der Waals surface area contributed by atoms with E-state index in [1.165, 1.54) is 11.1 Å². The van der Waals surface area contributed by atoms with Gasteiger partial charge in [0.1, 0.15) is 5.88 Å². The molecule has 1 N–H and O–H groups in total. The first-order valence-electron chi connectivity index (χ1n) is 9.11. The number of rotatable bonds is 4. The number of hydrogen-bond acceptors (Lipinski definition) is 3. The molecule has 6 heteroatoms. The van der Waals surface area contributed by atoms with Crippen LogP contribution in [0.25, 0.3) is 0 Å². The number of fused-ring (bicyclic) bond motifs is 2. The standard InChI is InChI=1S/C21H21ClN2O3/c22-11-20(25)24(12-14-1-2-17-13-27-8-6-16(17)9-14)18-4-3-15-5-7-23-21(26)19(15)10-18/h1-4,9-10H,5-8,11-13H2,(H,23,26). The molecule has 0 unspecified atom stereocenters. The van der Waals surface area contributed by atoms with Crippen molar-refractivity contribution in [3.05, 3.63) is 64.2 Å². The quantitative estimate of drug-likeness (QED) is 0.824. The molecule has 0 atom stereocenters. The Hall–Kier alpha value is -2.37. The summed E-state index contributed by atoms with van der Waals surface area (Å²) in [5.74, 6) is -0.388. The second-order valence-corrected chi connectivity index (χ2v) is 7.13. The van der Waals surface area contributed by atoms with Crippen molar-refractivity contribution in [2.75, 3.05) is 23.9 Å². The Bertz CT molecular complexity index is 897. The highest BCUT2D eigenvalue weighted by Crippen LogP contribution is 2.25. The molecular weight excluding hydrogens is 364 g/mol. The van der Waals surface area contributed by atoms with Crippen LogP contribution in [0.2, 0.25) is 0 Å². The lowest BCUT2D eigenvalue weighted by atomic mass is 9.98. The predicted molar refractivity (Wildman–Crippen MR) is 104 cm³/mol. The maximum absolute atomic E-state index is 12.5. The van der Waals surface area contributed by atoms with Crippen LogP contribution in [0.3, 0.4) is 0 Å². The van der Waals surface area contributed by atoms with E-state index in [1.54, 1.807) is 11.0 Å². The van der Waals surface area contributed by atoms with Crippen LogP contribution >= 0.6 is 11.6 Å². The molecule has 0 spiro atoms. The van der Waals surface area contributed by atoms with Gasteiger partial charge in [0.05, 0.1) is 19.8 Å². The van der Waals surface area contributed by atoms with E-state index in [4.69, 9.17) is 16.3 Å². The second kappa shape index (κ2) is 7.71. The van der Waals surface area contributed by atoms with Gasteiger partial charge in [0.25, 0.3) is 5.91 Å². The zero-order chi connectivity index (χ0) is 18.8. The number of nitrogens with zero attached hydrogens (tertiary/aromatic N) is 1. The summed E-state index contributed by atoms with van der Waals surface area (Å²) in [6, 6.07) is 11.8. The summed E-state index contributed by atoms with van der Waals surface area (Å²) in [5, 5.41) is 2.85. The maximum Gasteiger partial charge on any atom is 0.251 e. The van der Waals surface area contributed by atoms with Crippen LogP contribution in [0.5, 0.6) is 0 Å². The molecule has 0 radical (unpaired) electrons. The molecule has 2 aromatic carbocycles. The first-order chi connectivity index (χ1) is 13.2. The van der Waals surface area contributed by atoms with Crippen molar-refractivity contribution in [3.63, 3.8) is 0 Å². The zero-order valence-electron chi connectivity index (χ0n) is 15.0. The van der Waals surface area contributed by atoms with Gasteiger partial charge in [-0.05, 0) is 47.2 Å². The fourth-order valence-corrected chi connectivity index (χ4v) is 3.81. The van der Waals surface area contributed by atoms with Crippen molar-refractivity contribution in [1.82, 2.24) is 5.32 Å². The number of carbonyl (C=O) groups is 2. The molecule has 2 aliphatic rings. The number of alkyl halides is 1. The number of amides is 2. The molecule has 140 valence electrons. The minimum Gasteiger partial charge on any atom is -0.376 e. The van der Waals surface area contributed by atoms with Crippen molar-refractivity contribution in [2.45, 2.75) is 26.0 Å². The normalized spacial score (nSPS) is 15.5. The number of carbonyl (C=O) groups excluding carboxylic acids is 2. The third kappa shape index (κ3) is 3.70. The summed E-state index contributed by atoms with van der Waals surface area (Å²) in [7, 11) is 0. The van der Waals surface area contributed by atoms with Gasteiger partial charge in [-0.3, -0.25) is 9.59 Å². The monoisotopic (exact) mass is 384 g/mol. The van der Waals surface area contributed by atoms with E-state index >= 15 is 0 Å². The lowest BCUT2D eigenvalue weighted by molar-refractivity contribution is -0.116. The highest BCUT2D eigenvalue weighted by molar-refractivity contribution is 6.29. The van der Waals surface area contributed by atoms with Crippen LogP contribution in [0, 0.1) is 0 Å². The molecule has 2 amide bonds. The van der Waals surface area contributed by atoms with E-state index in [0.29, 0.717) is 30.9 Å². The molecule has 0 bridgehead atoms. The van der Waals surface area contributed by atoms with Crippen molar-refractivity contribution < 1.29 is 14.3 Å². The molecule has 2 heterocycles. The third-order valence-corrected chi connectivity index (χ3v) is 5.36. The SMILES string of the molecule is O=C1NCCc2ccc(N(Cc3ccc4c(c3)CCOC4)C(=O)CCl)cc21. The highest BCUT2D eigenvalue weighted by Gasteiger charge is 2.21. The van der Waals surface area contributed by atoms with Gasteiger partial charge >= 0.3 is 0 Å². The van der Waals surface area contributed by atoms with E-state index < -0.39 is 0 Å². The molecule has 2 aliphatic heterocycles. The van der Waals surface area contributed by atoms with Gasteiger partial charge in [-0.2, -0.15) is 0 Å². The fourth-order valence-electron chi connectivity index (χ4n) is 3.66. The van der Waals surface area contributed by atoms with Gasteiger partial charge in [-0.1, -0.05) is 24.3 Å². The number of ether oxygens (including phenoxy) is 1. The first kappa shape index (κ1) is 18.0. The maximum atomic E-state index is 12.5. The average Bonchev–Trinajstić information content (AvgIpc) is 2.71. The van der Waals surface area contributed by atoms with Crippen LogP contribution in [0.15, 0.2) is 36.4 Å². The van der Waals surface area contributed by atoms with Gasteiger partial charge in [-0.15, -0.1) is 11.6 Å². The Morgan fingerprint density at radius 2 is 1.96 bits per heavy atom. The summed E-state index contributed by atoms with van der Waals surface area (Å²) >= 11 is 5.86. The molecule has 4 rings (SSSR count). The molecule has 5 nitrogen and oxygen atoms in total. The Balaban J connectivity index is 1.65. The van der Waals surface area contributed by atoms with Crippen molar-refractivity contribution in [3.8, 4) is 0 Å². The summed E-state index contributed by atoms with van der Waals surface area (Å²) in [4.78, 5) is 26.3. The largest absolute Gasteiger partial charge is 0.376 e. The summed E-state index contributed by atoms with van der Waals surface area (Å²) in [5.41, 5.74) is 5.84. The zero-order valence-corrected chi connectivity index (χ0v) is 15.7. The Kier molecular flexibility index (Phi) is 5.14. The number of benzene rings is 2.